The second-order valence-corrected chi connectivity index (χ2v) is 5.87. The highest BCUT2D eigenvalue weighted by atomic mass is 19.4. The van der Waals surface area contributed by atoms with Gasteiger partial charge in [-0.2, -0.15) is 13.2 Å². The Morgan fingerprint density at radius 2 is 2.20 bits per heavy atom. The van der Waals surface area contributed by atoms with Gasteiger partial charge in [-0.25, -0.2) is 4.98 Å². The Bertz CT molecular complexity index is 389. The summed E-state index contributed by atoms with van der Waals surface area (Å²) in [5, 5.41) is 3.30. The maximum Gasteiger partial charge on any atom is 0.391 e. The molecule has 0 bridgehead atoms. The SMILES string of the molecule is CC(CNC1CCCC(C(F)(F)F)C1)Cn1ccnc1. The molecule has 0 radical (unpaired) electrons. The second-order valence-electron chi connectivity index (χ2n) is 5.87. The minimum atomic E-state index is -4.04. The first-order valence-corrected chi connectivity index (χ1v) is 7.21. The number of rotatable bonds is 5. The molecule has 0 aromatic carbocycles. The van der Waals surface area contributed by atoms with Crippen molar-refractivity contribution in [1.29, 1.82) is 0 Å². The van der Waals surface area contributed by atoms with Gasteiger partial charge < -0.3 is 9.88 Å². The first-order chi connectivity index (χ1) is 9.45. The van der Waals surface area contributed by atoms with Gasteiger partial charge in [0.1, 0.15) is 0 Å². The fourth-order valence-electron chi connectivity index (χ4n) is 2.86. The molecule has 0 aliphatic heterocycles. The highest BCUT2D eigenvalue weighted by Crippen LogP contribution is 2.37. The molecule has 3 atom stereocenters. The number of imidazole rings is 1. The normalized spacial score (nSPS) is 25.6. The third kappa shape index (κ3) is 4.51. The fraction of sp³-hybridized carbons (Fsp3) is 0.786. The molecule has 1 aromatic rings. The van der Waals surface area contributed by atoms with E-state index in [1.165, 1.54) is 0 Å². The monoisotopic (exact) mass is 289 g/mol. The van der Waals surface area contributed by atoms with Gasteiger partial charge in [0.15, 0.2) is 0 Å². The molecule has 1 aliphatic rings. The van der Waals surface area contributed by atoms with Gasteiger partial charge in [-0.1, -0.05) is 13.3 Å². The highest BCUT2D eigenvalue weighted by molar-refractivity contribution is 4.82. The van der Waals surface area contributed by atoms with Crippen molar-refractivity contribution in [3.05, 3.63) is 18.7 Å². The third-order valence-corrected chi connectivity index (χ3v) is 3.97. The molecule has 0 saturated heterocycles. The maximum absolute atomic E-state index is 12.7. The highest BCUT2D eigenvalue weighted by Gasteiger charge is 2.41. The fourth-order valence-corrected chi connectivity index (χ4v) is 2.86. The number of nitrogens with one attached hydrogen (secondary N) is 1. The molecular weight excluding hydrogens is 267 g/mol. The first-order valence-electron chi connectivity index (χ1n) is 7.21. The van der Waals surface area contributed by atoms with Crippen LogP contribution in [0.1, 0.15) is 32.6 Å². The summed E-state index contributed by atoms with van der Waals surface area (Å²) in [7, 11) is 0. The molecule has 1 saturated carbocycles. The van der Waals surface area contributed by atoms with Crippen LogP contribution in [-0.4, -0.2) is 28.3 Å². The molecule has 6 heteroatoms. The van der Waals surface area contributed by atoms with Crippen LogP contribution in [0.3, 0.4) is 0 Å². The van der Waals surface area contributed by atoms with Gasteiger partial charge in [-0.3, -0.25) is 0 Å². The molecule has 3 nitrogen and oxygen atoms in total. The summed E-state index contributed by atoms with van der Waals surface area (Å²) >= 11 is 0. The van der Waals surface area contributed by atoms with Crippen LogP contribution in [0.4, 0.5) is 13.2 Å². The minimum absolute atomic E-state index is 0.000567. The van der Waals surface area contributed by atoms with Gasteiger partial charge in [0, 0.05) is 25.0 Å². The van der Waals surface area contributed by atoms with Crippen molar-refractivity contribution in [2.24, 2.45) is 11.8 Å². The number of hydrogen-bond donors (Lipinski definition) is 1. The van der Waals surface area contributed by atoms with E-state index in [-0.39, 0.29) is 18.9 Å². The van der Waals surface area contributed by atoms with E-state index in [9.17, 15) is 13.2 Å². The van der Waals surface area contributed by atoms with E-state index < -0.39 is 12.1 Å². The molecule has 1 heterocycles. The zero-order chi connectivity index (χ0) is 14.6. The maximum atomic E-state index is 12.7. The molecule has 20 heavy (non-hydrogen) atoms. The lowest BCUT2D eigenvalue weighted by molar-refractivity contribution is -0.183. The number of alkyl halides is 3. The summed E-state index contributed by atoms with van der Waals surface area (Å²) in [4.78, 5) is 3.98. The summed E-state index contributed by atoms with van der Waals surface area (Å²) in [6, 6.07) is 0.000567. The largest absolute Gasteiger partial charge is 0.391 e. The topological polar surface area (TPSA) is 29.9 Å². The van der Waals surface area contributed by atoms with Gasteiger partial charge in [-0.05, 0) is 31.7 Å². The Balaban J connectivity index is 1.73. The van der Waals surface area contributed by atoms with Crippen molar-refractivity contribution in [3.8, 4) is 0 Å². The molecule has 0 amide bonds. The third-order valence-electron chi connectivity index (χ3n) is 3.97. The average molecular weight is 289 g/mol. The molecule has 1 fully saturated rings. The van der Waals surface area contributed by atoms with E-state index in [4.69, 9.17) is 0 Å². The van der Waals surface area contributed by atoms with E-state index in [0.717, 1.165) is 19.5 Å². The van der Waals surface area contributed by atoms with Gasteiger partial charge in [0.05, 0.1) is 12.2 Å². The van der Waals surface area contributed by atoms with Crippen molar-refractivity contribution in [2.45, 2.75) is 51.4 Å². The van der Waals surface area contributed by atoms with E-state index in [1.807, 2.05) is 10.8 Å². The van der Waals surface area contributed by atoms with Crippen molar-refractivity contribution in [2.75, 3.05) is 6.54 Å². The smallest absolute Gasteiger partial charge is 0.337 e. The number of aromatic nitrogens is 2. The molecular formula is C14H22F3N3. The summed E-state index contributed by atoms with van der Waals surface area (Å²) in [6.07, 6.45) is 3.38. The predicted octanol–water partition coefficient (Wildman–Crippen LogP) is 3.23. The van der Waals surface area contributed by atoms with Gasteiger partial charge in [0.25, 0.3) is 0 Å². The van der Waals surface area contributed by atoms with Crippen LogP contribution in [-0.2, 0) is 6.54 Å². The molecule has 114 valence electrons. The molecule has 2 rings (SSSR count). The zero-order valence-electron chi connectivity index (χ0n) is 11.7. The Morgan fingerprint density at radius 1 is 1.40 bits per heavy atom. The Hall–Kier alpha value is -1.04. The Morgan fingerprint density at radius 3 is 2.85 bits per heavy atom. The standard InChI is InChI=1S/C14H22F3N3/c1-11(9-20-6-5-18-10-20)8-19-13-4-2-3-12(7-13)14(15,16)17/h5-6,10-13,19H,2-4,7-9H2,1H3. The summed E-state index contributed by atoms with van der Waals surface area (Å²) < 4.78 is 40.2. The average Bonchev–Trinajstić information content (AvgIpc) is 2.88. The summed E-state index contributed by atoms with van der Waals surface area (Å²) in [5.74, 6) is -0.756. The van der Waals surface area contributed by atoms with Crippen LogP contribution in [0.2, 0.25) is 0 Å². The van der Waals surface area contributed by atoms with Crippen molar-refractivity contribution in [3.63, 3.8) is 0 Å². The van der Waals surface area contributed by atoms with Crippen LogP contribution in [0.5, 0.6) is 0 Å². The minimum Gasteiger partial charge on any atom is -0.337 e. The van der Waals surface area contributed by atoms with Gasteiger partial charge in [-0.15, -0.1) is 0 Å². The van der Waals surface area contributed by atoms with Crippen LogP contribution in [0.15, 0.2) is 18.7 Å². The summed E-state index contributed by atoms with van der Waals surface area (Å²) in [5.41, 5.74) is 0. The summed E-state index contributed by atoms with van der Waals surface area (Å²) in [6.45, 7) is 3.67. The molecule has 1 aliphatic carbocycles. The van der Waals surface area contributed by atoms with Crippen LogP contribution in [0.25, 0.3) is 0 Å². The van der Waals surface area contributed by atoms with Crippen molar-refractivity contribution >= 4 is 0 Å². The van der Waals surface area contributed by atoms with E-state index in [0.29, 0.717) is 12.3 Å². The second kappa shape index (κ2) is 6.61. The number of halogens is 3. The Labute approximate surface area is 117 Å². The molecule has 0 spiro atoms. The van der Waals surface area contributed by atoms with E-state index >= 15 is 0 Å². The zero-order valence-corrected chi connectivity index (χ0v) is 11.7. The lowest BCUT2D eigenvalue weighted by atomic mass is 9.85. The van der Waals surface area contributed by atoms with Crippen LogP contribution < -0.4 is 5.32 Å². The van der Waals surface area contributed by atoms with Gasteiger partial charge in [0.2, 0.25) is 0 Å². The molecule has 3 unspecified atom stereocenters. The van der Waals surface area contributed by atoms with E-state index in [1.54, 1.807) is 12.5 Å². The van der Waals surface area contributed by atoms with Crippen molar-refractivity contribution < 1.29 is 13.2 Å². The molecule has 1 N–H and O–H groups in total. The van der Waals surface area contributed by atoms with Crippen LogP contribution in [0, 0.1) is 11.8 Å². The van der Waals surface area contributed by atoms with Crippen LogP contribution >= 0.6 is 0 Å². The Kier molecular flexibility index (Phi) is 5.07. The van der Waals surface area contributed by atoms with E-state index in [2.05, 4.69) is 17.2 Å². The van der Waals surface area contributed by atoms with Gasteiger partial charge >= 0.3 is 6.18 Å². The first kappa shape index (κ1) is 15.4. The van der Waals surface area contributed by atoms with Crippen molar-refractivity contribution in [1.82, 2.24) is 14.9 Å². The molecule has 1 aromatic heterocycles. The lowest BCUT2D eigenvalue weighted by Crippen LogP contribution is -2.40. The number of nitrogens with zero attached hydrogens (tertiary/aromatic N) is 2. The predicted molar refractivity (Wildman–Crippen MR) is 71.2 cm³/mol. The number of hydrogen-bond acceptors (Lipinski definition) is 2. The lowest BCUT2D eigenvalue weighted by Gasteiger charge is -2.31. The quantitative estimate of drug-likeness (QED) is 0.902.